The molecule has 2 nitrogen and oxygen atoms in total. The molecular formula is C45H31NO. The van der Waals surface area contributed by atoms with Gasteiger partial charge in [-0.1, -0.05) is 123 Å². The van der Waals surface area contributed by atoms with Gasteiger partial charge in [-0.15, -0.1) is 0 Å². The lowest BCUT2D eigenvalue weighted by Gasteiger charge is -2.25. The summed E-state index contributed by atoms with van der Waals surface area (Å²) in [6.45, 7) is 4.74. The van der Waals surface area contributed by atoms with Gasteiger partial charge in [0, 0.05) is 32.5 Å². The fraction of sp³-hybridized carbons (Fsp3) is 0.0667. The normalized spacial score (nSPS) is 13.5. The first-order valence-corrected chi connectivity index (χ1v) is 16.4. The molecule has 9 aromatic rings. The maximum Gasteiger partial charge on any atom is 0.136 e. The van der Waals surface area contributed by atoms with Crippen molar-refractivity contribution in [3.63, 3.8) is 0 Å². The maximum absolute atomic E-state index is 6.35. The minimum absolute atomic E-state index is 0.110. The Morgan fingerprint density at radius 1 is 0.447 bits per heavy atom. The van der Waals surface area contributed by atoms with Gasteiger partial charge in [-0.3, -0.25) is 0 Å². The van der Waals surface area contributed by atoms with E-state index in [2.05, 4.69) is 164 Å². The van der Waals surface area contributed by atoms with Crippen LogP contribution in [0.5, 0.6) is 0 Å². The molecule has 10 rings (SSSR count). The number of nitrogens with zero attached hydrogens (tertiary/aromatic N) is 1. The quantitative estimate of drug-likeness (QED) is 0.197. The molecule has 0 amide bonds. The molecule has 0 saturated heterocycles. The van der Waals surface area contributed by atoms with Crippen molar-refractivity contribution in [2.45, 2.75) is 19.3 Å². The number of aromatic nitrogens is 1. The maximum atomic E-state index is 6.35. The molecule has 0 N–H and O–H groups in total. The van der Waals surface area contributed by atoms with Crippen molar-refractivity contribution in [3.8, 4) is 39.1 Å². The van der Waals surface area contributed by atoms with E-state index in [0.717, 1.165) is 27.6 Å². The molecule has 1 aliphatic carbocycles. The van der Waals surface area contributed by atoms with Crippen molar-refractivity contribution < 1.29 is 4.42 Å². The Hall–Kier alpha value is -5.86. The van der Waals surface area contributed by atoms with Crippen molar-refractivity contribution in [1.29, 1.82) is 0 Å². The SMILES string of the molecule is CC1(C)c2ccccc2-c2cc(-c3ccccc3-n3c4ccccc4c4cc5oc6ccccc6c5cc43)cc(-c3ccccc3)c21. The van der Waals surface area contributed by atoms with E-state index >= 15 is 0 Å². The minimum Gasteiger partial charge on any atom is -0.456 e. The number of rotatable bonds is 3. The second kappa shape index (κ2) is 9.57. The summed E-state index contributed by atoms with van der Waals surface area (Å²) in [4.78, 5) is 0. The van der Waals surface area contributed by atoms with Crippen LogP contribution in [0.1, 0.15) is 25.0 Å². The Morgan fingerprint density at radius 2 is 1.13 bits per heavy atom. The van der Waals surface area contributed by atoms with Gasteiger partial charge in [-0.05, 0) is 81.4 Å². The molecule has 47 heavy (non-hydrogen) atoms. The Bertz CT molecular complexity index is 2700. The molecule has 0 fully saturated rings. The summed E-state index contributed by atoms with van der Waals surface area (Å²) < 4.78 is 8.80. The van der Waals surface area contributed by atoms with Crippen LogP contribution >= 0.6 is 0 Å². The molecule has 0 unspecified atom stereocenters. The molecule has 0 aliphatic heterocycles. The van der Waals surface area contributed by atoms with Crippen LogP contribution in [-0.2, 0) is 5.41 Å². The molecule has 2 heteroatoms. The Kier molecular flexibility index (Phi) is 5.37. The van der Waals surface area contributed by atoms with E-state index in [1.165, 1.54) is 66.3 Å². The van der Waals surface area contributed by atoms with Gasteiger partial charge in [-0.25, -0.2) is 0 Å². The van der Waals surface area contributed by atoms with E-state index in [-0.39, 0.29) is 5.41 Å². The van der Waals surface area contributed by atoms with Gasteiger partial charge in [0.1, 0.15) is 11.2 Å². The Morgan fingerprint density at radius 3 is 2.00 bits per heavy atom. The molecule has 0 atom stereocenters. The van der Waals surface area contributed by atoms with Gasteiger partial charge < -0.3 is 8.98 Å². The lowest BCUT2D eigenvalue weighted by molar-refractivity contribution is 0.662. The van der Waals surface area contributed by atoms with E-state index in [1.54, 1.807) is 0 Å². The standard InChI is InChI=1S/C45H31NO/c1-45(2)38-20-10-6-17-31(38)37-25-29(24-34(44(37)45)28-14-4-3-5-15-28)30-16-7-11-21-39(30)46-40-22-12-8-18-32(40)35-27-43-36(26-41(35)46)33-19-9-13-23-42(33)47-43/h3-27H,1-2H3. The van der Waals surface area contributed by atoms with Gasteiger partial charge in [-0.2, -0.15) is 0 Å². The Balaban J connectivity index is 1.29. The first kappa shape index (κ1) is 26.4. The lowest BCUT2D eigenvalue weighted by Crippen LogP contribution is -2.16. The smallest absolute Gasteiger partial charge is 0.136 e. The van der Waals surface area contributed by atoms with Gasteiger partial charge >= 0.3 is 0 Å². The van der Waals surface area contributed by atoms with Crippen LogP contribution in [0.25, 0.3) is 82.8 Å². The van der Waals surface area contributed by atoms with Crippen LogP contribution in [0.2, 0.25) is 0 Å². The molecule has 0 spiro atoms. The van der Waals surface area contributed by atoms with Crippen LogP contribution in [-0.4, -0.2) is 4.57 Å². The summed E-state index contributed by atoms with van der Waals surface area (Å²) in [6, 6.07) is 55.2. The molecule has 2 heterocycles. The minimum atomic E-state index is -0.110. The zero-order valence-electron chi connectivity index (χ0n) is 26.3. The fourth-order valence-corrected chi connectivity index (χ4v) is 8.29. The third-order valence-corrected chi connectivity index (χ3v) is 10.4. The highest BCUT2D eigenvalue weighted by Crippen LogP contribution is 2.54. The Labute approximate surface area is 273 Å². The summed E-state index contributed by atoms with van der Waals surface area (Å²) in [5.41, 5.74) is 15.6. The van der Waals surface area contributed by atoms with E-state index in [1.807, 2.05) is 6.07 Å². The molecule has 2 aromatic heterocycles. The third kappa shape index (κ3) is 3.67. The van der Waals surface area contributed by atoms with Crippen LogP contribution in [0.15, 0.2) is 156 Å². The van der Waals surface area contributed by atoms with Crippen molar-refractivity contribution in [2.24, 2.45) is 0 Å². The number of para-hydroxylation sites is 3. The lowest BCUT2D eigenvalue weighted by atomic mass is 9.78. The van der Waals surface area contributed by atoms with Crippen molar-refractivity contribution in [2.75, 3.05) is 0 Å². The monoisotopic (exact) mass is 601 g/mol. The van der Waals surface area contributed by atoms with Crippen LogP contribution in [0.4, 0.5) is 0 Å². The highest BCUT2D eigenvalue weighted by molar-refractivity contribution is 6.17. The van der Waals surface area contributed by atoms with Gasteiger partial charge in [0.25, 0.3) is 0 Å². The van der Waals surface area contributed by atoms with E-state index in [0.29, 0.717) is 0 Å². The van der Waals surface area contributed by atoms with Crippen molar-refractivity contribution in [1.82, 2.24) is 4.57 Å². The summed E-state index contributed by atoms with van der Waals surface area (Å²) in [5.74, 6) is 0. The number of hydrogen-bond donors (Lipinski definition) is 0. The predicted octanol–water partition coefficient (Wildman–Crippen LogP) is 12.3. The predicted molar refractivity (Wildman–Crippen MR) is 196 cm³/mol. The molecule has 0 radical (unpaired) electrons. The van der Waals surface area contributed by atoms with Crippen LogP contribution in [0.3, 0.4) is 0 Å². The van der Waals surface area contributed by atoms with Crippen LogP contribution < -0.4 is 0 Å². The molecule has 7 aromatic carbocycles. The zero-order valence-corrected chi connectivity index (χ0v) is 26.3. The van der Waals surface area contributed by atoms with Crippen LogP contribution in [0, 0.1) is 0 Å². The summed E-state index contributed by atoms with van der Waals surface area (Å²) >= 11 is 0. The molecular weight excluding hydrogens is 571 g/mol. The molecule has 222 valence electrons. The highest BCUT2D eigenvalue weighted by atomic mass is 16.3. The van der Waals surface area contributed by atoms with E-state index < -0.39 is 0 Å². The summed E-state index contributed by atoms with van der Waals surface area (Å²) in [7, 11) is 0. The second-order valence-corrected chi connectivity index (χ2v) is 13.3. The number of benzene rings is 7. The molecule has 0 saturated carbocycles. The van der Waals surface area contributed by atoms with E-state index in [4.69, 9.17) is 4.42 Å². The van der Waals surface area contributed by atoms with Gasteiger partial charge in [0.15, 0.2) is 0 Å². The third-order valence-electron chi connectivity index (χ3n) is 10.4. The average molecular weight is 602 g/mol. The topological polar surface area (TPSA) is 18.1 Å². The van der Waals surface area contributed by atoms with Crippen molar-refractivity contribution in [3.05, 3.63) is 163 Å². The van der Waals surface area contributed by atoms with Gasteiger partial charge in [0.2, 0.25) is 0 Å². The first-order chi connectivity index (χ1) is 23.1. The number of fused-ring (bicyclic) bond motifs is 9. The second-order valence-electron chi connectivity index (χ2n) is 13.3. The average Bonchev–Trinajstić information content (AvgIpc) is 3.72. The highest BCUT2D eigenvalue weighted by Gasteiger charge is 2.38. The number of hydrogen-bond acceptors (Lipinski definition) is 1. The summed E-state index contributed by atoms with van der Waals surface area (Å²) in [5, 5.41) is 4.69. The largest absolute Gasteiger partial charge is 0.456 e. The van der Waals surface area contributed by atoms with E-state index in [9.17, 15) is 0 Å². The van der Waals surface area contributed by atoms with Crippen molar-refractivity contribution >= 4 is 43.7 Å². The van der Waals surface area contributed by atoms with Gasteiger partial charge in [0.05, 0.1) is 16.7 Å². The first-order valence-electron chi connectivity index (χ1n) is 16.4. The molecule has 0 bridgehead atoms. The summed E-state index contributed by atoms with van der Waals surface area (Å²) in [6.07, 6.45) is 0. The number of furan rings is 1. The fourth-order valence-electron chi connectivity index (χ4n) is 8.29. The zero-order chi connectivity index (χ0) is 31.3. The molecule has 1 aliphatic rings.